The van der Waals surface area contributed by atoms with Gasteiger partial charge in [0.2, 0.25) is 0 Å². The molecular formula is C13H18BrNO2. The molecule has 0 heterocycles. The fourth-order valence-electron chi connectivity index (χ4n) is 1.73. The Balaban J connectivity index is 2.81. The monoisotopic (exact) mass is 299 g/mol. The van der Waals surface area contributed by atoms with Crippen molar-refractivity contribution in [2.75, 3.05) is 0 Å². The molecule has 2 atom stereocenters. The summed E-state index contributed by atoms with van der Waals surface area (Å²) in [5, 5.41) is 12.3. The number of hydrogen-bond acceptors (Lipinski definition) is 2. The average Bonchev–Trinajstić information content (AvgIpc) is 2.25. The average molecular weight is 300 g/mol. The number of nitrogens with one attached hydrogen (secondary N) is 1. The van der Waals surface area contributed by atoms with Crippen LogP contribution in [0.2, 0.25) is 0 Å². The number of aliphatic carboxylic acids is 1. The topological polar surface area (TPSA) is 49.3 Å². The predicted molar refractivity (Wildman–Crippen MR) is 72.0 cm³/mol. The second-order valence-corrected chi connectivity index (χ2v) is 5.32. The number of carboxylic acid groups (broad SMARTS) is 1. The van der Waals surface area contributed by atoms with Gasteiger partial charge in [-0.05, 0) is 24.5 Å². The smallest absolute Gasteiger partial charge is 0.320 e. The van der Waals surface area contributed by atoms with E-state index in [1.54, 1.807) is 0 Å². The molecule has 0 aliphatic heterocycles. The summed E-state index contributed by atoms with van der Waals surface area (Å²) in [6, 6.07) is 7.30. The third-order valence-electron chi connectivity index (χ3n) is 2.73. The Morgan fingerprint density at radius 3 is 2.35 bits per heavy atom. The molecule has 0 aliphatic carbocycles. The number of carboxylic acids is 1. The minimum Gasteiger partial charge on any atom is -0.480 e. The number of halogens is 1. The summed E-state index contributed by atoms with van der Waals surface area (Å²) in [6.45, 7) is 5.77. The van der Waals surface area contributed by atoms with Crippen LogP contribution in [0.4, 0.5) is 0 Å². The zero-order valence-corrected chi connectivity index (χ0v) is 11.9. The first-order chi connectivity index (χ1) is 7.93. The Labute approximate surface area is 110 Å². The molecule has 1 rings (SSSR count). The standard InChI is InChI=1S/C13H18BrNO2/c1-8(2)12(13(16)17)15-9(3)10-6-4-5-7-11(10)14/h4-9,12,15H,1-3H3,(H,16,17)/t9-,12?/m0/s1. The Bertz CT molecular complexity index is 393. The van der Waals surface area contributed by atoms with E-state index in [2.05, 4.69) is 21.2 Å². The van der Waals surface area contributed by atoms with Gasteiger partial charge in [0.15, 0.2) is 0 Å². The lowest BCUT2D eigenvalue weighted by Gasteiger charge is -2.23. The number of hydrogen-bond donors (Lipinski definition) is 2. The van der Waals surface area contributed by atoms with Crippen molar-refractivity contribution in [2.24, 2.45) is 5.92 Å². The summed E-state index contributed by atoms with van der Waals surface area (Å²) in [5.41, 5.74) is 1.07. The molecule has 1 unspecified atom stereocenters. The molecule has 3 nitrogen and oxygen atoms in total. The highest BCUT2D eigenvalue weighted by atomic mass is 79.9. The van der Waals surface area contributed by atoms with Gasteiger partial charge < -0.3 is 5.11 Å². The van der Waals surface area contributed by atoms with Gasteiger partial charge >= 0.3 is 5.97 Å². The third kappa shape index (κ3) is 3.82. The Morgan fingerprint density at radius 1 is 1.29 bits per heavy atom. The molecule has 0 saturated heterocycles. The van der Waals surface area contributed by atoms with Gasteiger partial charge in [0.1, 0.15) is 6.04 Å². The van der Waals surface area contributed by atoms with E-state index in [1.807, 2.05) is 45.0 Å². The van der Waals surface area contributed by atoms with Gasteiger partial charge in [0.05, 0.1) is 0 Å². The predicted octanol–water partition coefficient (Wildman–Crippen LogP) is 3.21. The molecule has 1 aromatic rings. The van der Waals surface area contributed by atoms with Crippen molar-refractivity contribution in [3.63, 3.8) is 0 Å². The first-order valence-corrected chi connectivity index (χ1v) is 6.46. The Morgan fingerprint density at radius 2 is 1.88 bits per heavy atom. The van der Waals surface area contributed by atoms with Crippen molar-refractivity contribution in [2.45, 2.75) is 32.9 Å². The van der Waals surface area contributed by atoms with Gasteiger partial charge in [-0.1, -0.05) is 48.0 Å². The molecule has 0 aromatic heterocycles. The van der Waals surface area contributed by atoms with Crippen LogP contribution in [0.15, 0.2) is 28.7 Å². The van der Waals surface area contributed by atoms with E-state index in [0.29, 0.717) is 0 Å². The van der Waals surface area contributed by atoms with E-state index in [4.69, 9.17) is 5.11 Å². The molecule has 0 amide bonds. The lowest BCUT2D eigenvalue weighted by atomic mass is 10.0. The van der Waals surface area contributed by atoms with Gasteiger partial charge in [0, 0.05) is 10.5 Å². The second-order valence-electron chi connectivity index (χ2n) is 4.47. The fraction of sp³-hybridized carbons (Fsp3) is 0.462. The minimum atomic E-state index is -0.807. The van der Waals surface area contributed by atoms with E-state index in [-0.39, 0.29) is 12.0 Å². The first-order valence-electron chi connectivity index (χ1n) is 5.66. The second kappa shape index (κ2) is 6.17. The highest BCUT2D eigenvalue weighted by Crippen LogP contribution is 2.23. The summed E-state index contributed by atoms with van der Waals surface area (Å²) in [6.07, 6.45) is 0. The highest BCUT2D eigenvalue weighted by molar-refractivity contribution is 9.10. The molecular weight excluding hydrogens is 282 g/mol. The normalized spacial score (nSPS) is 14.6. The number of rotatable bonds is 5. The molecule has 94 valence electrons. The molecule has 4 heteroatoms. The van der Waals surface area contributed by atoms with Crippen LogP contribution in [0.1, 0.15) is 32.4 Å². The third-order valence-corrected chi connectivity index (χ3v) is 3.46. The Hall–Kier alpha value is -0.870. The fourth-order valence-corrected chi connectivity index (χ4v) is 2.36. The van der Waals surface area contributed by atoms with Crippen molar-refractivity contribution in [3.05, 3.63) is 34.3 Å². The summed E-state index contributed by atoms with van der Waals surface area (Å²) in [5.74, 6) is -0.753. The van der Waals surface area contributed by atoms with Crippen LogP contribution >= 0.6 is 15.9 Å². The quantitative estimate of drug-likeness (QED) is 0.878. The highest BCUT2D eigenvalue weighted by Gasteiger charge is 2.23. The molecule has 17 heavy (non-hydrogen) atoms. The maximum Gasteiger partial charge on any atom is 0.320 e. The van der Waals surface area contributed by atoms with Crippen molar-refractivity contribution in [1.82, 2.24) is 5.32 Å². The SMILES string of the molecule is CC(C)C(N[C@@H](C)c1ccccc1Br)C(=O)O. The molecule has 0 saturated carbocycles. The molecule has 0 spiro atoms. The summed E-state index contributed by atoms with van der Waals surface area (Å²) < 4.78 is 0.993. The van der Waals surface area contributed by atoms with Crippen LogP contribution in [0.3, 0.4) is 0 Å². The van der Waals surface area contributed by atoms with Crippen molar-refractivity contribution >= 4 is 21.9 Å². The van der Waals surface area contributed by atoms with Crippen LogP contribution in [-0.2, 0) is 4.79 Å². The van der Waals surface area contributed by atoms with E-state index >= 15 is 0 Å². The van der Waals surface area contributed by atoms with Crippen LogP contribution in [0, 0.1) is 5.92 Å². The van der Waals surface area contributed by atoms with E-state index in [1.165, 1.54) is 0 Å². The Kier molecular flexibility index (Phi) is 5.15. The van der Waals surface area contributed by atoms with Crippen molar-refractivity contribution in [3.8, 4) is 0 Å². The number of benzene rings is 1. The van der Waals surface area contributed by atoms with Crippen LogP contribution < -0.4 is 5.32 Å². The zero-order chi connectivity index (χ0) is 13.0. The largest absolute Gasteiger partial charge is 0.480 e. The summed E-state index contributed by atoms with van der Waals surface area (Å²) in [7, 11) is 0. The van der Waals surface area contributed by atoms with Gasteiger partial charge in [0.25, 0.3) is 0 Å². The molecule has 1 aromatic carbocycles. The number of carbonyl (C=O) groups is 1. The maximum absolute atomic E-state index is 11.1. The van der Waals surface area contributed by atoms with Gasteiger partial charge in [-0.25, -0.2) is 0 Å². The summed E-state index contributed by atoms with van der Waals surface area (Å²) in [4.78, 5) is 11.1. The van der Waals surface area contributed by atoms with Crippen LogP contribution in [-0.4, -0.2) is 17.1 Å². The van der Waals surface area contributed by atoms with Crippen LogP contribution in [0.25, 0.3) is 0 Å². The van der Waals surface area contributed by atoms with Gasteiger partial charge in [-0.3, -0.25) is 10.1 Å². The zero-order valence-electron chi connectivity index (χ0n) is 10.3. The minimum absolute atomic E-state index is 0.00549. The lowest BCUT2D eigenvalue weighted by molar-refractivity contribution is -0.140. The van der Waals surface area contributed by atoms with Crippen LogP contribution in [0.5, 0.6) is 0 Å². The molecule has 0 aliphatic rings. The lowest BCUT2D eigenvalue weighted by Crippen LogP contribution is -2.42. The van der Waals surface area contributed by atoms with Gasteiger partial charge in [-0.15, -0.1) is 0 Å². The summed E-state index contributed by atoms with van der Waals surface area (Å²) >= 11 is 3.47. The molecule has 2 N–H and O–H groups in total. The van der Waals surface area contributed by atoms with Gasteiger partial charge in [-0.2, -0.15) is 0 Å². The van der Waals surface area contributed by atoms with E-state index < -0.39 is 12.0 Å². The van der Waals surface area contributed by atoms with Crippen molar-refractivity contribution < 1.29 is 9.90 Å². The molecule has 0 bridgehead atoms. The maximum atomic E-state index is 11.1. The molecule has 0 radical (unpaired) electrons. The van der Waals surface area contributed by atoms with Crippen molar-refractivity contribution in [1.29, 1.82) is 0 Å². The first kappa shape index (κ1) is 14.2. The molecule has 0 fully saturated rings. The van der Waals surface area contributed by atoms with E-state index in [0.717, 1.165) is 10.0 Å². The van der Waals surface area contributed by atoms with E-state index in [9.17, 15) is 4.79 Å².